The first kappa shape index (κ1) is 22.5. The van der Waals surface area contributed by atoms with Crippen LogP contribution in [0.15, 0.2) is 45.9 Å². The van der Waals surface area contributed by atoms with E-state index >= 15 is 0 Å². The third kappa shape index (κ3) is 5.31. The number of likely N-dealkylation sites (tertiary alicyclic amines) is 1. The number of hydrogen-bond acceptors (Lipinski definition) is 5. The largest absolute Gasteiger partial charge is 0.465 e. The van der Waals surface area contributed by atoms with Crippen molar-refractivity contribution in [2.45, 2.75) is 39.3 Å². The molecule has 1 aliphatic heterocycles. The molecule has 0 bridgehead atoms. The average molecular weight is 523 g/mol. The van der Waals surface area contributed by atoms with Crippen molar-refractivity contribution in [3.63, 3.8) is 0 Å². The number of hydrogen-bond donors (Lipinski definition) is 2. The summed E-state index contributed by atoms with van der Waals surface area (Å²) in [6.45, 7) is 8.25. The van der Waals surface area contributed by atoms with Crippen LogP contribution >= 0.6 is 24.0 Å². The van der Waals surface area contributed by atoms with Crippen molar-refractivity contribution in [2.75, 3.05) is 26.2 Å². The highest BCUT2D eigenvalue weighted by atomic mass is 127. The molecule has 0 saturated carbocycles. The molecule has 1 aliphatic rings. The fraction of sp³-hybridized carbons (Fsp3) is 0.476. The Balaban J connectivity index is 0.00000256. The van der Waals surface area contributed by atoms with Crippen LogP contribution < -0.4 is 10.6 Å². The molecular weight excluding hydrogens is 493 g/mol. The zero-order chi connectivity index (χ0) is 20.1. The number of fused-ring (bicyclic) bond motifs is 1. The van der Waals surface area contributed by atoms with E-state index < -0.39 is 0 Å². The molecule has 9 heteroatoms. The zero-order valence-corrected chi connectivity index (χ0v) is 19.9. The predicted molar refractivity (Wildman–Crippen MR) is 128 cm³/mol. The van der Waals surface area contributed by atoms with Gasteiger partial charge in [0.1, 0.15) is 18.1 Å². The molecule has 0 amide bonds. The van der Waals surface area contributed by atoms with E-state index in [0.29, 0.717) is 6.54 Å². The molecule has 8 nitrogen and oxygen atoms in total. The van der Waals surface area contributed by atoms with Gasteiger partial charge in [-0.2, -0.15) is 0 Å². The number of halogens is 1. The van der Waals surface area contributed by atoms with Gasteiger partial charge in [0.25, 0.3) is 0 Å². The van der Waals surface area contributed by atoms with Crippen molar-refractivity contribution in [3.8, 4) is 0 Å². The Morgan fingerprint density at radius 1 is 1.17 bits per heavy atom. The Hall–Kier alpha value is -2.14. The molecule has 30 heavy (non-hydrogen) atoms. The summed E-state index contributed by atoms with van der Waals surface area (Å²) in [6, 6.07) is 10.2. The van der Waals surface area contributed by atoms with Gasteiger partial charge in [0.05, 0.1) is 6.04 Å². The van der Waals surface area contributed by atoms with Gasteiger partial charge < -0.3 is 15.1 Å². The summed E-state index contributed by atoms with van der Waals surface area (Å²) >= 11 is 0. The van der Waals surface area contributed by atoms with E-state index in [2.05, 4.69) is 38.7 Å². The topological polar surface area (TPSA) is 83.0 Å². The van der Waals surface area contributed by atoms with Gasteiger partial charge in [0.15, 0.2) is 17.4 Å². The maximum atomic E-state index is 5.95. The monoisotopic (exact) mass is 523 g/mol. The first-order chi connectivity index (χ1) is 14.2. The van der Waals surface area contributed by atoms with Gasteiger partial charge in [-0.15, -0.1) is 34.2 Å². The highest BCUT2D eigenvalue weighted by Gasteiger charge is 2.26. The zero-order valence-electron chi connectivity index (χ0n) is 17.5. The second-order valence-electron chi connectivity index (χ2n) is 7.33. The maximum absolute atomic E-state index is 5.95. The van der Waals surface area contributed by atoms with Crippen molar-refractivity contribution >= 4 is 35.6 Å². The molecule has 4 heterocycles. The maximum Gasteiger partial charge on any atom is 0.191 e. The highest BCUT2D eigenvalue weighted by molar-refractivity contribution is 14.0. The Labute approximate surface area is 194 Å². The lowest BCUT2D eigenvalue weighted by Gasteiger charge is -2.26. The Morgan fingerprint density at radius 3 is 2.73 bits per heavy atom. The minimum atomic E-state index is 0. The second kappa shape index (κ2) is 10.8. The molecule has 4 rings (SSSR count). The lowest BCUT2D eigenvalue weighted by Crippen LogP contribution is -2.42. The molecular formula is C21H30IN7O. The SMILES string of the molecule is CCNC(=NCc1nnc2ccccn12)NCC(c1ccc(C)o1)N1CCCC1.I. The summed E-state index contributed by atoms with van der Waals surface area (Å²) in [6.07, 6.45) is 4.44. The molecule has 0 aromatic carbocycles. The summed E-state index contributed by atoms with van der Waals surface area (Å²) in [7, 11) is 0. The van der Waals surface area contributed by atoms with E-state index in [-0.39, 0.29) is 30.0 Å². The van der Waals surface area contributed by atoms with Crippen LogP contribution in [0, 0.1) is 6.92 Å². The van der Waals surface area contributed by atoms with E-state index in [4.69, 9.17) is 9.41 Å². The molecule has 3 aromatic rings. The summed E-state index contributed by atoms with van der Waals surface area (Å²) < 4.78 is 7.92. The molecule has 162 valence electrons. The number of guanidine groups is 1. The quantitative estimate of drug-likeness (QED) is 0.282. The molecule has 1 saturated heterocycles. The van der Waals surface area contributed by atoms with Gasteiger partial charge in [0, 0.05) is 19.3 Å². The van der Waals surface area contributed by atoms with Crippen molar-refractivity contribution in [1.82, 2.24) is 30.1 Å². The van der Waals surface area contributed by atoms with Crippen LogP contribution in [-0.4, -0.2) is 51.6 Å². The first-order valence-corrected chi connectivity index (χ1v) is 10.4. The van der Waals surface area contributed by atoms with Gasteiger partial charge in [0.2, 0.25) is 0 Å². The molecule has 1 atom stereocenters. The minimum Gasteiger partial charge on any atom is -0.465 e. The van der Waals surface area contributed by atoms with Crippen LogP contribution in [0.25, 0.3) is 5.65 Å². The van der Waals surface area contributed by atoms with Crippen molar-refractivity contribution < 1.29 is 4.42 Å². The number of furan rings is 1. The standard InChI is InChI=1S/C21H29N7O.HI/c1-3-22-21(24-15-20-26-25-19-8-4-5-13-28(19)20)23-14-17(27-11-6-7-12-27)18-10-9-16(2)29-18;/h4-5,8-10,13,17H,3,6-7,11-12,14-15H2,1-2H3,(H2,22,23,24);1H. The van der Waals surface area contributed by atoms with Crippen LogP contribution in [0.2, 0.25) is 0 Å². The predicted octanol–water partition coefficient (Wildman–Crippen LogP) is 3.14. The third-order valence-corrected chi connectivity index (χ3v) is 5.24. The number of pyridine rings is 1. The number of aliphatic imine (C=N–C) groups is 1. The number of aromatic nitrogens is 3. The molecule has 1 unspecified atom stereocenters. The van der Waals surface area contributed by atoms with Gasteiger partial charge >= 0.3 is 0 Å². The van der Waals surface area contributed by atoms with E-state index in [9.17, 15) is 0 Å². The van der Waals surface area contributed by atoms with Crippen LogP contribution in [0.3, 0.4) is 0 Å². The summed E-state index contributed by atoms with van der Waals surface area (Å²) in [5, 5.41) is 15.3. The van der Waals surface area contributed by atoms with Gasteiger partial charge in [-0.1, -0.05) is 6.07 Å². The Morgan fingerprint density at radius 2 is 2.00 bits per heavy atom. The van der Waals surface area contributed by atoms with Crippen LogP contribution in [0.1, 0.15) is 43.2 Å². The van der Waals surface area contributed by atoms with E-state index in [1.807, 2.05) is 41.8 Å². The summed E-state index contributed by atoms with van der Waals surface area (Å²) in [5.41, 5.74) is 0.831. The van der Waals surface area contributed by atoms with Crippen molar-refractivity contribution in [1.29, 1.82) is 0 Å². The molecule has 2 N–H and O–H groups in total. The number of nitrogens with zero attached hydrogens (tertiary/aromatic N) is 5. The fourth-order valence-electron chi connectivity index (χ4n) is 3.78. The summed E-state index contributed by atoms with van der Waals surface area (Å²) in [5.74, 6) is 3.54. The average Bonchev–Trinajstić information content (AvgIpc) is 3.48. The van der Waals surface area contributed by atoms with Crippen LogP contribution in [0.5, 0.6) is 0 Å². The van der Waals surface area contributed by atoms with Gasteiger partial charge in [-0.05, 0) is 64.0 Å². The number of aryl methyl sites for hydroxylation is 1. The Bertz CT molecular complexity index is 961. The normalized spacial score (nSPS) is 15.9. The van der Waals surface area contributed by atoms with Crippen LogP contribution in [0.4, 0.5) is 0 Å². The molecule has 0 radical (unpaired) electrons. The van der Waals surface area contributed by atoms with E-state index in [1.165, 1.54) is 12.8 Å². The van der Waals surface area contributed by atoms with E-state index in [0.717, 1.165) is 55.1 Å². The van der Waals surface area contributed by atoms with E-state index in [1.54, 1.807) is 0 Å². The van der Waals surface area contributed by atoms with Gasteiger partial charge in [-0.25, -0.2) is 4.99 Å². The first-order valence-electron chi connectivity index (χ1n) is 10.4. The van der Waals surface area contributed by atoms with Gasteiger partial charge in [-0.3, -0.25) is 9.30 Å². The molecule has 0 aliphatic carbocycles. The summed E-state index contributed by atoms with van der Waals surface area (Å²) in [4.78, 5) is 7.21. The third-order valence-electron chi connectivity index (χ3n) is 5.24. The second-order valence-corrected chi connectivity index (χ2v) is 7.33. The lowest BCUT2D eigenvalue weighted by atomic mass is 10.2. The Kier molecular flexibility index (Phi) is 8.08. The lowest BCUT2D eigenvalue weighted by molar-refractivity contribution is 0.213. The van der Waals surface area contributed by atoms with Crippen molar-refractivity contribution in [3.05, 3.63) is 53.9 Å². The minimum absolute atomic E-state index is 0. The highest BCUT2D eigenvalue weighted by Crippen LogP contribution is 2.26. The van der Waals surface area contributed by atoms with Crippen LogP contribution in [-0.2, 0) is 6.54 Å². The number of rotatable bonds is 7. The fourth-order valence-corrected chi connectivity index (χ4v) is 3.78. The molecule has 0 spiro atoms. The van der Waals surface area contributed by atoms with Crippen molar-refractivity contribution in [2.24, 2.45) is 4.99 Å². The molecule has 3 aromatic heterocycles. The molecule has 1 fully saturated rings. The smallest absolute Gasteiger partial charge is 0.191 e. The number of nitrogens with one attached hydrogen (secondary N) is 2.